The number of nitrogens with zero attached hydrogens (tertiary/aromatic N) is 2. The first kappa shape index (κ1) is 21.9. The zero-order valence-corrected chi connectivity index (χ0v) is 18.7. The highest BCUT2D eigenvalue weighted by molar-refractivity contribution is 7.91. The molecule has 0 radical (unpaired) electrons. The number of hydrogen-bond donors (Lipinski definition) is 1. The normalized spacial score (nSPS) is 13.3. The molecular weight excluding hydrogens is 454 g/mol. The van der Waals surface area contributed by atoms with E-state index in [1.165, 1.54) is 24.5 Å². The van der Waals surface area contributed by atoms with Crippen LogP contribution in [0.2, 0.25) is 0 Å². The third kappa shape index (κ3) is 4.63. The summed E-state index contributed by atoms with van der Waals surface area (Å²) in [7, 11) is -2.91. The van der Waals surface area contributed by atoms with Crippen LogP contribution in [0.3, 0.4) is 0 Å². The van der Waals surface area contributed by atoms with Gasteiger partial charge in [0.2, 0.25) is 21.6 Å². The number of carbonyl (C=O) groups excluding carboxylic acids is 2. The van der Waals surface area contributed by atoms with Gasteiger partial charge in [0.05, 0.1) is 12.7 Å². The molecule has 1 aliphatic rings. The molecule has 0 atom stereocenters. The Kier molecular flexibility index (Phi) is 6.19. The maximum Gasteiger partial charge on any atom is 0.341 e. The van der Waals surface area contributed by atoms with Crippen LogP contribution in [0.25, 0.3) is 12.2 Å². The summed E-state index contributed by atoms with van der Waals surface area (Å²) in [5.41, 5.74) is 2.02. The number of methoxy groups -OCH3 is 1. The molecule has 4 rings (SSSR count). The van der Waals surface area contributed by atoms with Crippen molar-refractivity contribution in [3.05, 3.63) is 57.8 Å². The number of anilines is 1. The summed E-state index contributed by atoms with van der Waals surface area (Å²) in [6.07, 6.45) is 5.62. The number of sulfone groups is 1. The summed E-state index contributed by atoms with van der Waals surface area (Å²) in [4.78, 5) is 25.7. The maximum atomic E-state index is 12.6. The minimum Gasteiger partial charge on any atom is -0.465 e. The second kappa shape index (κ2) is 9.05. The molecule has 1 aromatic carbocycles. The molecule has 166 valence electrons. The van der Waals surface area contributed by atoms with Gasteiger partial charge in [-0.25, -0.2) is 13.2 Å². The van der Waals surface area contributed by atoms with Crippen LogP contribution in [0.15, 0.2) is 40.0 Å². The molecule has 2 aromatic heterocycles. The summed E-state index contributed by atoms with van der Waals surface area (Å²) >= 11 is 1.26. The van der Waals surface area contributed by atoms with Gasteiger partial charge >= 0.3 is 11.2 Å². The Bertz CT molecular complexity index is 1290. The van der Waals surface area contributed by atoms with Gasteiger partial charge in [-0.2, -0.15) is 0 Å². The highest BCUT2D eigenvalue weighted by Gasteiger charge is 2.30. The van der Waals surface area contributed by atoms with E-state index in [-0.39, 0.29) is 5.89 Å². The maximum absolute atomic E-state index is 12.6. The number of benzene rings is 1. The van der Waals surface area contributed by atoms with Crippen molar-refractivity contribution in [1.82, 2.24) is 10.2 Å². The van der Waals surface area contributed by atoms with Crippen molar-refractivity contribution in [2.45, 2.75) is 24.5 Å². The van der Waals surface area contributed by atoms with E-state index in [1.807, 2.05) is 30.3 Å². The number of amides is 1. The lowest BCUT2D eigenvalue weighted by molar-refractivity contribution is -0.113. The molecule has 0 saturated carbocycles. The van der Waals surface area contributed by atoms with Gasteiger partial charge < -0.3 is 14.5 Å². The fourth-order valence-corrected chi connectivity index (χ4v) is 5.56. The number of esters is 1. The first-order valence-corrected chi connectivity index (χ1v) is 12.2. The Balaban J connectivity index is 1.47. The summed E-state index contributed by atoms with van der Waals surface area (Å²) in [5, 5.41) is 9.42. The van der Waals surface area contributed by atoms with Crippen LogP contribution in [0, 0.1) is 0 Å². The summed E-state index contributed by atoms with van der Waals surface area (Å²) in [5.74, 6) is -2.28. The van der Waals surface area contributed by atoms with Crippen LogP contribution in [-0.2, 0) is 32.2 Å². The van der Waals surface area contributed by atoms with E-state index in [1.54, 1.807) is 6.08 Å². The van der Waals surface area contributed by atoms with E-state index in [9.17, 15) is 18.0 Å². The lowest BCUT2D eigenvalue weighted by Crippen LogP contribution is -2.24. The topological polar surface area (TPSA) is 128 Å². The largest absolute Gasteiger partial charge is 0.465 e. The van der Waals surface area contributed by atoms with Crippen molar-refractivity contribution in [2.75, 3.05) is 18.2 Å². The fourth-order valence-electron chi connectivity index (χ4n) is 3.35. The van der Waals surface area contributed by atoms with Crippen molar-refractivity contribution in [1.29, 1.82) is 0 Å². The first-order chi connectivity index (χ1) is 15.4. The molecule has 2 heterocycles. The molecule has 0 bridgehead atoms. The molecule has 3 aromatic rings. The Morgan fingerprint density at radius 1 is 1.19 bits per heavy atom. The van der Waals surface area contributed by atoms with Gasteiger partial charge in [-0.15, -0.1) is 16.4 Å². The zero-order valence-electron chi connectivity index (χ0n) is 17.0. The van der Waals surface area contributed by atoms with Crippen molar-refractivity contribution >= 4 is 50.2 Å². The number of aromatic nitrogens is 2. The van der Waals surface area contributed by atoms with E-state index in [0.717, 1.165) is 28.8 Å². The third-order valence-electron chi connectivity index (χ3n) is 4.79. The Morgan fingerprint density at radius 2 is 1.97 bits per heavy atom. The van der Waals surface area contributed by atoms with Crippen LogP contribution < -0.4 is 5.32 Å². The van der Waals surface area contributed by atoms with E-state index < -0.39 is 32.7 Å². The monoisotopic (exact) mass is 473 g/mol. The van der Waals surface area contributed by atoms with Crippen LogP contribution in [0.4, 0.5) is 5.00 Å². The summed E-state index contributed by atoms with van der Waals surface area (Å²) in [6.45, 7) is 0. The van der Waals surface area contributed by atoms with Crippen molar-refractivity contribution < 1.29 is 27.2 Å². The van der Waals surface area contributed by atoms with Crippen LogP contribution in [0.1, 0.15) is 38.7 Å². The van der Waals surface area contributed by atoms with E-state index in [0.29, 0.717) is 17.0 Å². The molecule has 0 fully saturated rings. The Morgan fingerprint density at radius 3 is 2.72 bits per heavy atom. The van der Waals surface area contributed by atoms with Crippen molar-refractivity contribution in [2.24, 2.45) is 0 Å². The van der Waals surface area contributed by atoms with E-state index in [2.05, 4.69) is 15.5 Å². The van der Waals surface area contributed by atoms with Gasteiger partial charge in [0.15, 0.2) is 0 Å². The van der Waals surface area contributed by atoms with Gasteiger partial charge in [0.1, 0.15) is 10.8 Å². The quantitative estimate of drug-likeness (QED) is 0.519. The van der Waals surface area contributed by atoms with E-state index in [4.69, 9.17) is 9.15 Å². The summed E-state index contributed by atoms with van der Waals surface area (Å²) in [6, 6.07) is 9.30. The fraction of sp³-hybridized carbons (Fsp3) is 0.238. The lowest BCUT2D eigenvalue weighted by Gasteiger charge is -2.06. The molecule has 0 saturated heterocycles. The van der Waals surface area contributed by atoms with Crippen LogP contribution in [-0.4, -0.2) is 43.4 Å². The number of fused-ring (bicyclic) bond motifs is 1. The van der Waals surface area contributed by atoms with Gasteiger partial charge in [0, 0.05) is 11.0 Å². The number of carbonyl (C=O) groups is 2. The highest BCUT2D eigenvalue weighted by Crippen LogP contribution is 2.39. The Hall–Kier alpha value is -3.31. The molecule has 1 N–H and O–H groups in total. The first-order valence-electron chi connectivity index (χ1n) is 9.69. The minimum atomic E-state index is -4.17. The number of rotatable bonds is 7. The second-order valence-electron chi connectivity index (χ2n) is 7.01. The van der Waals surface area contributed by atoms with Crippen molar-refractivity contribution in [3.63, 3.8) is 0 Å². The molecule has 0 unspecified atom stereocenters. The van der Waals surface area contributed by atoms with Gasteiger partial charge in [-0.05, 0) is 36.5 Å². The average molecular weight is 474 g/mol. The molecule has 1 amide bonds. The summed E-state index contributed by atoms with van der Waals surface area (Å²) < 4.78 is 35.2. The van der Waals surface area contributed by atoms with Gasteiger partial charge in [0.25, 0.3) is 0 Å². The number of thiophene rings is 1. The van der Waals surface area contributed by atoms with Gasteiger partial charge in [-0.1, -0.05) is 35.4 Å². The lowest BCUT2D eigenvalue weighted by atomic mass is 10.1. The molecule has 32 heavy (non-hydrogen) atoms. The molecule has 11 heteroatoms. The molecular formula is C21H19N3O6S2. The second-order valence-corrected chi connectivity index (χ2v) is 9.98. The van der Waals surface area contributed by atoms with Crippen molar-refractivity contribution in [3.8, 4) is 0 Å². The standard InChI is InChI=1S/C21H19N3O6S2/c1-29-20(26)18-14-8-5-9-15(14)31-19(18)22-16(25)12-32(27,28)21-24-23-17(30-21)11-10-13-6-3-2-4-7-13/h2-4,6-7,10-11H,5,8-9,12H2,1H3,(H,22,25). The van der Waals surface area contributed by atoms with Crippen LogP contribution in [0.5, 0.6) is 0 Å². The Labute approximate surface area is 188 Å². The highest BCUT2D eigenvalue weighted by atomic mass is 32.2. The number of aryl methyl sites for hydroxylation is 1. The predicted molar refractivity (Wildman–Crippen MR) is 118 cm³/mol. The molecule has 9 nitrogen and oxygen atoms in total. The predicted octanol–water partition coefficient (Wildman–Crippen LogP) is 2.99. The number of nitrogens with one attached hydrogen (secondary N) is 1. The smallest absolute Gasteiger partial charge is 0.341 e. The molecule has 0 aliphatic heterocycles. The number of ether oxygens (including phenoxy) is 1. The third-order valence-corrected chi connectivity index (χ3v) is 7.34. The van der Waals surface area contributed by atoms with E-state index >= 15 is 0 Å². The SMILES string of the molecule is COC(=O)c1c(NC(=O)CS(=O)(=O)c2nnc(C=Cc3ccccc3)o2)sc2c1CCC2. The molecule has 0 spiro atoms. The van der Waals surface area contributed by atoms with Crippen LogP contribution >= 0.6 is 11.3 Å². The molecule has 1 aliphatic carbocycles. The zero-order chi connectivity index (χ0) is 22.7. The number of hydrogen-bond acceptors (Lipinski definition) is 9. The van der Waals surface area contributed by atoms with Gasteiger partial charge in [-0.3, -0.25) is 4.79 Å². The average Bonchev–Trinajstić information content (AvgIpc) is 3.48. The minimum absolute atomic E-state index is 0.00417.